The molecule has 1 saturated heterocycles. The van der Waals surface area contributed by atoms with E-state index in [2.05, 4.69) is 4.98 Å². The van der Waals surface area contributed by atoms with E-state index in [1.165, 1.54) is 12.1 Å². The number of allylic oxidation sites excluding steroid dienone is 2. The fraction of sp³-hybridized carbons (Fsp3) is 0.417. The Kier molecular flexibility index (Phi) is 7.76. The summed E-state index contributed by atoms with van der Waals surface area (Å²) in [6.07, 6.45) is 7.73. The Morgan fingerprint density at radius 1 is 1.29 bits per heavy atom. The fourth-order valence-corrected chi connectivity index (χ4v) is 3.48. The number of hydrogen-bond acceptors (Lipinski definition) is 5. The zero-order chi connectivity index (χ0) is 22.3. The van der Waals surface area contributed by atoms with Crippen molar-refractivity contribution < 1.29 is 28.5 Å². The molecule has 1 aliphatic heterocycles. The van der Waals surface area contributed by atoms with Gasteiger partial charge in [0, 0.05) is 24.7 Å². The molecule has 3 rings (SSSR count). The van der Waals surface area contributed by atoms with Crippen LogP contribution in [0, 0.1) is 11.7 Å². The van der Waals surface area contributed by atoms with E-state index in [0.29, 0.717) is 25.2 Å². The SMILES string of the molecule is CC(C)(Oc1ccc(F)cc1)[C@@H]1OC[C@H](C/C=C\CCC(=O)O)[C@H](c2cccnc2)O1. The second-order valence-corrected chi connectivity index (χ2v) is 8.07. The molecular weight excluding hydrogens is 401 g/mol. The topological polar surface area (TPSA) is 77.9 Å². The van der Waals surface area contributed by atoms with Crippen LogP contribution in [0.15, 0.2) is 60.9 Å². The van der Waals surface area contributed by atoms with Gasteiger partial charge in [-0.05, 0) is 62.6 Å². The third-order valence-corrected chi connectivity index (χ3v) is 5.07. The van der Waals surface area contributed by atoms with Crippen LogP contribution < -0.4 is 4.74 Å². The molecule has 2 heterocycles. The number of carboxylic acid groups (broad SMARTS) is 1. The lowest BCUT2D eigenvalue weighted by atomic mass is 9.92. The van der Waals surface area contributed by atoms with Gasteiger partial charge in [0.15, 0.2) is 11.9 Å². The quantitative estimate of drug-likeness (QED) is 0.570. The molecule has 0 aliphatic carbocycles. The largest absolute Gasteiger partial charge is 0.483 e. The van der Waals surface area contributed by atoms with Crippen LogP contribution in [0.3, 0.4) is 0 Å². The summed E-state index contributed by atoms with van der Waals surface area (Å²) in [4.78, 5) is 14.9. The van der Waals surface area contributed by atoms with Crippen molar-refractivity contribution >= 4 is 5.97 Å². The molecule has 0 saturated carbocycles. The van der Waals surface area contributed by atoms with Gasteiger partial charge in [-0.2, -0.15) is 0 Å². The van der Waals surface area contributed by atoms with Crippen LogP contribution in [0.5, 0.6) is 5.75 Å². The maximum atomic E-state index is 13.2. The Balaban J connectivity index is 1.70. The molecule has 0 spiro atoms. The molecule has 166 valence electrons. The van der Waals surface area contributed by atoms with Crippen LogP contribution in [0.25, 0.3) is 0 Å². The van der Waals surface area contributed by atoms with E-state index in [0.717, 1.165) is 5.56 Å². The third-order valence-electron chi connectivity index (χ3n) is 5.07. The van der Waals surface area contributed by atoms with E-state index in [1.54, 1.807) is 24.5 Å². The van der Waals surface area contributed by atoms with Crippen molar-refractivity contribution in [1.82, 2.24) is 4.98 Å². The van der Waals surface area contributed by atoms with Gasteiger partial charge in [-0.3, -0.25) is 9.78 Å². The number of ether oxygens (including phenoxy) is 3. The number of carboxylic acids is 1. The molecule has 6 nitrogen and oxygen atoms in total. The highest BCUT2D eigenvalue weighted by Gasteiger charge is 2.42. The smallest absolute Gasteiger partial charge is 0.303 e. The Morgan fingerprint density at radius 2 is 2.06 bits per heavy atom. The lowest BCUT2D eigenvalue weighted by molar-refractivity contribution is -0.288. The van der Waals surface area contributed by atoms with Gasteiger partial charge in [0.05, 0.1) is 12.7 Å². The zero-order valence-electron chi connectivity index (χ0n) is 17.7. The molecule has 1 aromatic heterocycles. The normalized spacial score (nSPS) is 21.8. The van der Waals surface area contributed by atoms with Crippen molar-refractivity contribution in [1.29, 1.82) is 0 Å². The maximum Gasteiger partial charge on any atom is 0.303 e. The van der Waals surface area contributed by atoms with Gasteiger partial charge in [0.1, 0.15) is 11.6 Å². The van der Waals surface area contributed by atoms with Crippen molar-refractivity contribution in [3.8, 4) is 5.75 Å². The first-order chi connectivity index (χ1) is 14.8. The monoisotopic (exact) mass is 429 g/mol. The first kappa shape index (κ1) is 22.9. The molecule has 0 amide bonds. The highest BCUT2D eigenvalue weighted by Crippen LogP contribution is 2.38. The second-order valence-electron chi connectivity index (χ2n) is 8.07. The standard InChI is InChI=1S/C24H28FNO5/c1-24(2,31-20-12-10-19(25)11-13-20)23-29-16-18(7-4-3-5-9-21(27)28)22(30-23)17-8-6-14-26-15-17/h3-4,6,8,10-15,18,22-23H,5,7,9,16H2,1-2H3,(H,27,28)/b4-3-/t18-,22-,23+/m0/s1. The van der Waals surface area contributed by atoms with Crippen molar-refractivity contribution in [2.24, 2.45) is 5.92 Å². The lowest BCUT2D eigenvalue weighted by Crippen LogP contribution is -2.50. The van der Waals surface area contributed by atoms with Gasteiger partial charge in [-0.15, -0.1) is 0 Å². The van der Waals surface area contributed by atoms with Crippen molar-refractivity contribution in [3.63, 3.8) is 0 Å². The lowest BCUT2D eigenvalue weighted by Gasteiger charge is -2.42. The van der Waals surface area contributed by atoms with Crippen LogP contribution in [0.4, 0.5) is 4.39 Å². The second kappa shape index (κ2) is 10.5. The maximum absolute atomic E-state index is 13.2. The average Bonchev–Trinajstić information content (AvgIpc) is 2.75. The van der Waals surface area contributed by atoms with Crippen LogP contribution in [0.2, 0.25) is 0 Å². The van der Waals surface area contributed by atoms with Crippen molar-refractivity contribution in [2.45, 2.75) is 51.1 Å². The summed E-state index contributed by atoms with van der Waals surface area (Å²) in [5, 5.41) is 8.77. The number of pyridine rings is 1. The van der Waals surface area contributed by atoms with Gasteiger partial charge in [-0.1, -0.05) is 18.2 Å². The van der Waals surface area contributed by atoms with Crippen LogP contribution in [0.1, 0.15) is 44.8 Å². The highest BCUT2D eigenvalue weighted by molar-refractivity contribution is 5.66. The molecular formula is C24H28FNO5. The molecule has 1 aromatic carbocycles. The molecule has 7 heteroatoms. The summed E-state index contributed by atoms with van der Waals surface area (Å²) >= 11 is 0. The zero-order valence-corrected chi connectivity index (χ0v) is 17.7. The summed E-state index contributed by atoms with van der Waals surface area (Å²) in [6.45, 7) is 4.19. The summed E-state index contributed by atoms with van der Waals surface area (Å²) in [5.74, 6) is -0.567. The molecule has 31 heavy (non-hydrogen) atoms. The first-order valence-electron chi connectivity index (χ1n) is 10.3. The van der Waals surface area contributed by atoms with Crippen LogP contribution >= 0.6 is 0 Å². The van der Waals surface area contributed by atoms with E-state index in [-0.39, 0.29) is 24.3 Å². The average molecular weight is 429 g/mol. The Hall–Kier alpha value is -2.77. The Labute approximate surface area is 181 Å². The Morgan fingerprint density at radius 3 is 2.74 bits per heavy atom. The number of hydrogen-bond donors (Lipinski definition) is 1. The molecule has 1 aliphatic rings. The summed E-state index contributed by atoms with van der Waals surface area (Å²) in [6, 6.07) is 9.67. The molecule has 3 atom stereocenters. The summed E-state index contributed by atoms with van der Waals surface area (Å²) in [7, 11) is 0. The van der Waals surface area contributed by atoms with E-state index in [9.17, 15) is 9.18 Å². The highest BCUT2D eigenvalue weighted by atomic mass is 19.1. The van der Waals surface area contributed by atoms with Crippen LogP contribution in [-0.2, 0) is 14.3 Å². The molecule has 1 fully saturated rings. The van der Waals surface area contributed by atoms with Crippen molar-refractivity contribution in [3.05, 3.63) is 72.3 Å². The van der Waals surface area contributed by atoms with Gasteiger partial charge in [0.25, 0.3) is 0 Å². The van der Waals surface area contributed by atoms with Crippen molar-refractivity contribution in [2.75, 3.05) is 6.61 Å². The number of benzene rings is 1. The predicted molar refractivity (Wildman–Crippen MR) is 113 cm³/mol. The van der Waals surface area contributed by atoms with E-state index in [4.69, 9.17) is 19.3 Å². The fourth-order valence-electron chi connectivity index (χ4n) is 3.48. The van der Waals surface area contributed by atoms with Gasteiger partial charge in [0.2, 0.25) is 0 Å². The van der Waals surface area contributed by atoms with E-state index >= 15 is 0 Å². The number of carbonyl (C=O) groups is 1. The van der Waals surface area contributed by atoms with E-state index < -0.39 is 17.9 Å². The molecule has 0 radical (unpaired) electrons. The van der Waals surface area contributed by atoms with E-state index in [1.807, 2.05) is 38.1 Å². The molecule has 1 N–H and O–H groups in total. The summed E-state index contributed by atoms with van der Waals surface area (Å²) < 4.78 is 31.6. The minimum Gasteiger partial charge on any atom is -0.483 e. The first-order valence-corrected chi connectivity index (χ1v) is 10.3. The number of nitrogens with zero attached hydrogens (tertiary/aromatic N) is 1. The third kappa shape index (κ3) is 6.60. The Bertz CT molecular complexity index is 869. The minimum absolute atomic E-state index is 0.0446. The van der Waals surface area contributed by atoms with Gasteiger partial charge >= 0.3 is 5.97 Å². The van der Waals surface area contributed by atoms with Gasteiger partial charge in [-0.25, -0.2) is 4.39 Å². The number of rotatable bonds is 9. The minimum atomic E-state index is -0.819. The molecule has 2 aromatic rings. The molecule has 0 unspecified atom stereocenters. The number of aliphatic carboxylic acids is 1. The number of aromatic nitrogens is 1. The van der Waals surface area contributed by atoms with Crippen LogP contribution in [-0.4, -0.2) is 34.6 Å². The predicted octanol–water partition coefficient (Wildman–Crippen LogP) is 4.92. The van der Waals surface area contributed by atoms with Gasteiger partial charge < -0.3 is 19.3 Å². The number of halogens is 1. The summed E-state index contributed by atoms with van der Waals surface area (Å²) in [5.41, 5.74) is 0.123. The molecule has 0 bridgehead atoms.